The van der Waals surface area contributed by atoms with Crippen LogP contribution in [0.1, 0.15) is 97.8 Å². The van der Waals surface area contributed by atoms with E-state index >= 15 is 0 Å². The number of carbonyl (C=O) groups is 1. The molecule has 0 aromatic carbocycles. The standard InChI is InChI=1S/C23H42O4/c1-4-5-6-7-8-11-14-19-20(22(25)17-21(19)24)15-12-9-10-13-16-23(26)27-18(2)3/h9,12,18-22,24-25H,4-8,10-11,13-17H2,1-3H3/b12-9-/t19-,20-,21-,22+/m1/s1. The molecule has 0 heterocycles. The Morgan fingerprint density at radius 1 is 1.00 bits per heavy atom. The number of allylic oxidation sites excluding steroid dienone is 2. The van der Waals surface area contributed by atoms with Crippen molar-refractivity contribution in [3.05, 3.63) is 12.2 Å². The molecule has 4 nitrogen and oxygen atoms in total. The predicted molar refractivity (Wildman–Crippen MR) is 110 cm³/mol. The summed E-state index contributed by atoms with van der Waals surface area (Å²) in [7, 11) is 0. The number of aliphatic hydroxyl groups is 2. The Kier molecular flexibility index (Phi) is 12.7. The highest BCUT2D eigenvalue weighted by atomic mass is 16.5. The van der Waals surface area contributed by atoms with E-state index in [4.69, 9.17) is 4.74 Å². The fourth-order valence-corrected chi connectivity index (χ4v) is 4.12. The van der Waals surface area contributed by atoms with Crippen molar-refractivity contribution >= 4 is 5.97 Å². The van der Waals surface area contributed by atoms with E-state index in [0.717, 1.165) is 32.1 Å². The summed E-state index contributed by atoms with van der Waals surface area (Å²) in [6, 6.07) is 0. The molecule has 0 unspecified atom stereocenters. The van der Waals surface area contributed by atoms with Crippen molar-refractivity contribution in [2.45, 2.75) is 116 Å². The van der Waals surface area contributed by atoms with Gasteiger partial charge < -0.3 is 14.9 Å². The molecule has 0 saturated heterocycles. The van der Waals surface area contributed by atoms with Gasteiger partial charge >= 0.3 is 5.97 Å². The molecule has 4 atom stereocenters. The number of ether oxygens (including phenoxy) is 1. The summed E-state index contributed by atoms with van der Waals surface area (Å²) in [5.41, 5.74) is 0. The Hall–Kier alpha value is -0.870. The molecule has 158 valence electrons. The van der Waals surface area contributed by atoms with E-state index in [0.29, 0.717) is 12.8 Å². The van der Waals surface area contributed by atoms with Crippen molar-refractivity contribution in [1.29, 1.82) is 0 Å². The van der Waals surface area contributed by atoms with E-state index in [9.17, 15) is 15.0 Å². The molecule has 1 saturated carbocycles. The van der Waals surface area contributed by atoms with E-state index in [1.54, 1.807) is 0 Å². The summed E-state index contributed by atoms with van der Waals surface area (Å²) in [4.78, 5) is 11.5. The second-order valence-electron chi connectivity index (χ2n) is 8.39. The van der Waals surface area contributed by atoms with Gasteiger partial charge in [-0.05, 0) is 57.8 Å². The summed E-state index contributed by atoms with van der Waals surface area (Å²) >= 11 is 0. The molecule has 1 fully saturated rings. The van der Waals surface area contributed by atoms with E-state index in [-0.39, 0.29) is 30.0 Å². The van der Waals surface area contributed by atoms with Crippen LogP contribution >= 0.6 is 0 Å². The highest BCUT2D eigenvalue weighted by molar-refractivity contribution is 5.69. The topological polar surface area (TPSA) is 66.8 Å². The van der Waals surface area contributed by atoms with Gasteiger partial charge in [0.15, 0.2) is 0 Å². The number of carbonyl (C=O) groups excluding carboxylic acids is 1. The van der Waals surface area contributed by atoms with Gasteiger partial charge in [-0.3, -0.25) is 4.79 Å². The Labute approximate surface area is 166 Å². The number of esters is 1. The molecule has 0 bridgehead atoms. The third-order valence-electron chi connectivity index (χ3n) is 5.61. The van der Waals surface area contributed by atoms with Gasteiger partial charge in [-0.25, -0.2) is 0 Å². The predicted octanol–water partition coefficient (Wildman–Crippen LogP) is 5.16. The van der Waals surface area contributed by atoms with E-state index < -0.39 is 6.10 Å². The summed E-state index contributed by atoms with van der Waals surface area (Å²) in [6.45, 7) is 5.95. The van der Waals surface area contributed by atoms with Crippen molar-refractivity contribution in [2.75, 3.05) is 0 Å². The molecule has 1 rings (SSSR count). The lowest BCUT2D eigenvalue weighted by Gasteiger charge is -2.22. The quantitative estimate of drug-likeness (QED) is 0.247. The van der Waals surface area contributed by atoms with Crippen molar-refractivity contribution in [3.8, 4) is 0 Å². The second-order valence-corrected chi connectivity index (χ2v) is 8.39. The first-order valence-corrected chi connectivity index (χ1v) is 11.2. The molecule has 1 aliphatic carbocycles. The molecule has 0 radical (unpaired) electrons. The smallest absolute Gasteiger partial charge is 0.306 e. The van der Waals surface area contributed by atoms with Gasteiger partial charge in [0.05, 0.1) is 18.3 Å². The van der Waals surface area contributed by atoms with E-state index in [1.165, 1.54) is 32.1 Å². The molecule has 27 heavy (non-hydrogen) atoms. The third kappa shape index (κ3) is 10.3. The first-order chi connectivity index (χ1) is 13.0. The van der Waals surface area contributed by atoms with Crippen LogP contribution in [0, 0.1) is 11.8 Å². The lowest BCUT2D eigenvalue weighted by Crippen LogP contribution is -2.21. The monoisotopic (exact) mass is 382 g/mol. The normalized spacial score (nSPS) is 25.6. The lowest BCUT2D eigenvalue weighted by molar-refractivity contribution is -0.147. The second kappa shape index (κ2) is 14.2. The van der Waals surface area contributed by atoms with Crippen LogP contribution in [0.25, 0.3) is 0 Å². The first kappa shape index (κ1) is 24.2. The fraction of sp³-hybridized carbons (Fsp3) is 0.870. The van der Waals surface area contributed by atoms with Crippen LogP contribution in [0.5, 0.6) is 0 Å². The Morgan fingerprint density at radius 3 is 2.37 bits per heavy atom. The summed E-state index contributed by atoms with van der Waals surface area (Å²) in [6.07, 6.45) is 15.4. The van der Waals surface area contributed by atoms with Crippen molar-refractivity contribution < 1.29 is 19.7 Å². The zero-order valence-electron chi connectivity index (χ0n) is 17.7. The highest BCUT2D eigenvalue weighted by Crippen LogP contribution is 2.38. The number of aliphatic hydroxyl groups excluding tert-OH is 2. The zero-order valence-corrected chi connectivity index (χ0v) is 17.7. The molecular formula is C23H42O4. The summed E-state index contributed by atoms with van der Waals surface area (Å²) in [5, 5.41) is 20.6. The zero-order chi connectivity index (χ0) is 20.1. The number of unbranched alkanes of at least 4 members (excludes halogenated alkanes) is 6. The minimum atomic E-state index is -0.393. The molecule has 0 aliphatic heterocycles. The third-order valence-corrected chi connectivity index (χ3v) is 5.61. The van der Waals surface area contributed by atoms with Gasteiger partial charge in [-0.1, -0.05) is 57.6 Å². The van der Waals surface area contributed by atoms with E-state index in [2.05, 4.69) is 19.1 Å². The van der Waals surface area contributed by atoms with Gasteiger partial charge in [-0.2, -0.15) is 0 Å². The van der Waals surface area contributed by atoms with Crippen LogP contribution in [0.2, 0.25) is 0 Å². The van der Waals surface area contributed by atoms with Crippen LogP contribution < -0.4 is 0 Å². The first-order valence-electron chi connectivity index (χ1n) is 11.2. The van der Waals surface area contributed by atoms with Crippen LogP contribution in [-0.2, 0) is 9.53 Å². The maximum atomic E-state index is 11.5. The molecule has 0 aromatic heterocycles. The average molecular weight is 383 g/mol. The lowest BCUT2D eigenvalue weighted by atomic mass is 9.86. The molecule has 0 amide bonds. The summed E-state index contributed by atoms with van der Waals surface area (Å²) < 4.78 is 5.12. The van der Waals surface area contributed by atoms with Crippen molar-refractivity contribution in [3.63, 3.8) is 0 Å². The minimum absolute atomic E-state index is 0.0492. The van der Waals surface area contributed by atoms with Crippen LogP contribution in [0.3, 0.4) is 0 Å². The maximum absolute atomic E-state index is 11.5. The molecule has 0 aromatic rings. The number of rotatable bonds is 14. The Bertz CT molecular complexity index is 419. The maximum Gasteiger partial charge on any atom is 0.306 e. The largest absolute Gasteiger partial charge is 0.463 e. The van der Waals surface area contributed by atoms with Gasteiger partial charge in [0.1, 0.15) is 0 Å². The van der Waals surface area contributed by atoms with Crippen LogP contribution in [0.4, 0.5) is 0 Å². The minimum Gasteiger partial charge on any atom is -0.463 e. The van der Waals surface area contributed by atoms with Crippen LogP contribution in [-0.4, -0.2) is 34.5 Å². The Morgan fingerprint density at radius 2 is 1.67 bits per heavy atom. The van der Waals surface area contributed by atoms with Gasteiger partial charge in [0.2, 0.25) is 0 Å². The molecule has 2 N–H and O–H groups in total. The van der Waals surface area contributed by atoms with E-state index in [1.807, 2.05) is 13.8 Å². The highest BCUT2D eigenvalue weighted by Gasteiger charge is 2.40. The van der Waals surface area contributed by atoms with Crippen LogP contribution in [0.15, 0.2) is 12.2 Å². The molecule has 4 heteroatoms. The average Bonchev–Trinajstić information content (AvgIpc) is 2.86. The van der Waals surface area contributed by atoms with Crippen molar-refractivity contribution in [1.82, 2.24) is 0 Å². The number of hydrogen-bond acceptors (Lipinski definition) is 4. The SMILES string of the molecule is CCCCCCCC[C@@H]1[C@@H](C/C=C\CCCC(=O)OC(C)C)[C@@H](O)C[C@H]1O. The van der Waals surface area contributed by atoms with Gasteiger partial charge in [0, 0.05) is 6.42 Å². The van der Waals surface area contributed by atoms with Gasteiger partial charge in [0.25, 0.3) is 0 Å². The molecule has 1 aliphatic rings. The van der Waals surface area contributed by atoms with Gasteiger partial charge in [-0.15, -0.1) is 0 Å². The molecule has 0 spiro atoms. The Balaban J connectivity index is 2.26. The van der Waals surface area contributed by atoms with Crippen molar-refractivity contribution in [2.24, 2.45) is 11.8 Å². The molecular weight excluding hydrogens is 340 g/mol. The summed E-state index contributed by atoms with van der Waals surface area (Å²) in [5.74, 6) is 0.251. The number of hydrogen-bond donors (Lipinski definition) is 2. The fourth-order valence-electron chi connectivity index (χ4n) is 4.12.